The molecule has 2 amide bonds. The molecule has 0 bridgehead atoms. The van der Waals surface area contributed by atoms with Gasteiger partial charge in [0.25, 0.3) is 0 Å². The molecule has 0 atom stereocenters. The van der Waals surface area contributed by atoms with Crippen LogP contribution in [0.2, 0.25) is 5.02 Å². The van der Waals surface area contributed by atoms with E-state index in [9.17, 15) is 9.59 Å². The summed E-state index contributed by atoms with van der Waals surface area (Å²) in [5, 5.41) is 14.3. The number of rotatable bonds is 4. The molecule has 0 aliphatic carbocycles. The predicted molar refractivity (Wildman–Crippen MR) is 70.3 cm³/mol. The summed E-state index contributed by atoms with van der Waals surface area (Å²) in [6.07, 6.45) is 0. The molecule has 0 aromatic heterocycles. The lowest BCUT2D eigenvalue weighted by Crippen LogP contribution is -2.31. The smallest absolute Gasteiger partial charge is 0.335 e. The predicted octanol–water partition coefficient (Wildman–Crippen LogP) is 2.82. The molecule has 5 nitrogen and oxygen atoms in total. The Balaban J connectivity index is 2.74. The lowest BCUT2D eigenvalue weighted by atomic mass is 10.2. The number of urea groups is 1. The number of hydrogen-bond acceptors (Lipinski definition) is 2. The average Bonchev–Trinajstić information content (AvgIpc) is 2.29. The van der Waals surface area contributed by atoms with E-state index in [1.165, 1.54) is 18.2 Å². The topological polar surface area (TPSA) is 78.4 Å². The number of carboxylic acids is 1. The van der Waals surface area contributed by atoms with Gasteiger partial charge >= 0.3 is 12.0 Å². The van der Waals surface area contributed by atoms with Crippen LogP contribution < -0.4 is 10.6 Å². The molecule has 0 spiro atoms. The third kappa shape index (κ3) is 4.25. The van der Waals surface area contributed by atoms with Crippen LogP contribution in [0.4, 0.5) is 10.5 Å². The molecule has 1 aromatic carbocycles. The molecule has 0 saturated carbocycles. The molecule has 3 N–H and O–H groups in total. The van der Waals surface area contributed by atoms with E-state index < -0.39 is 12.0 Å². The summed E-state index contributed by atoms with van der Waals surface area (Å²) in [5.41, 5.74) is 0.344. The van der Waals surface area contributed by atoms with Crippen LogP contribution in [0.1, 0.15) is 24.2 Å². The Labute approximate surface area is 110 Å². The van der Waals surface area contributed by atoms with Gasteiger partial charge in [-0.2, -0.15) is 0 Å². The standard InChI is InChI=1S/C12H15ClN2O3/c1-7(2)6-14-12(18)15-10-5-8(11(16)17)3-4-9(10)13/h3-5,7H,6H2,1-2H3,(H,16,17)(H2,14,15,18). The quantitative estimate of drug-likeness (QED) is 0.787. The fourth-order valence-electron chi connectivity index (χ4n) is 1.22. The molecule has 98 valence electrons. The summed E-state index contributed by atoms with van der Waals surface area (Å²) in [7, 11) is 0. The van der Waals surface area contributed by atoms with E-state index in [0.29, 0.717) is 17.5 Å². The minimum absolute atomic E-state index is 0.0681. The molecule has 0 fully saturated rings. The van der Waals surface area contributed by atoms with Gasteiger partial charge in [0.1, 0.15) is 0 Å². The Kier molecular flexibility index (Phi) is 4.97. The van der Waals surface area contributed by atoms with Gasteiger partial charge in [-0.1, -0.05) is 25.4 Å². The number of carboxylic acid groups (broad SMARTS) is 1. The van der Waals surface area contributed by atoms with Crippen molar-refractivity contribution >= 4 is 29.3 Å². The maximum Gasteiger partial charge on any atom is 0.335 e. The monoisotopic (exact) mass is 270 g/mol. The third-order valence-electron chi connectivity index (χ3n) is 2.13. The number of amides is 2. The number of aromatic carboxylic acids is 1. The molecular formula is C12H15ClN2O3. The summed E-state index contributed by atoms with van der Waals surface area (Å²) in [5.74, 6) is -0.742. The first-order chi connectivity index (χ1) is 8.40. The van der Waals surface area contributed by atoms with Crippen molar-refractivity contribution in [1.82, 2.24) is 5.32 Å². The van der Waals surface area contributed by atoms with Gasteiger partial charge in [-0.25, -0.2) is 9.59 Å². The number of hydrogen-bond donors (Lipinski definition) is 3. The number of carbonyl (C=O) groups excluding carboxylic acids is 1. The Morgan fingerprint density at radius 3 is 2.61 bits per heavy atom. The summed E-state index contributed by atoms with van der Waals surface area (Å²) in [4.78, 5) is 22.3. The molecule has 18 heavy (non-hydrogen) atoms. The zero-order valence-corrected chi connectivity index (χ0v) is 10.9. The maximum atomic E-state index is 11.5. The van der Waals surface area contributed by atoms with Gasteiger partial charge in [-0.05, 0) is 24.1 Å². The molecule has 0 unspecified atom stereocenters. The molecule has 6 heteroatoms. The number of halogens is 1. The molecule has 0 aliphatic rings. The van der Waals surface area contributed by atoms with Crippen LogP contribution in [0.5, 0.6) is 0 Å². The highest BCUT2D eigenvalue weighted by Crippen LogP contribution is 2.22. The average molecular weight is 271 g/mol. The summed E-state index contributed by atoms with van der Waals surface area (Å²) < 4.78 is 0. The highest BCUT2D eigenvalue weighted by Gasteiger charge is 2.10. The van der Waals surface area contributed by atoms with Crippen LogP contribution >= 0.6 is 11.6 Å². The lowest BCUT2D eigenvalue weighted by Gasteiger charge is -2.11. The lowest BCUT2D eigenvalue weighted by molar-refractivity contribution is 0.0697. The largest absolute Gasteiger partial charge is 0.478 e. The number of carbonyl (C=O) groups is 2. The van der Waals surface area contributed by atoms with Gasteiger partial charge in [0.15, 0.2) is 0 Å². The van der Waals surface area contributed by atoms with Crippen molar-refractivity contribution in [2.45, 2.75) is 13.8 Å². The normalized spacial score (nSPS) is 10.2. The zero-order valence-electron chi connectivity index (χ0n) is 10.2. The molecule has 0 aliphatic heterocycles. The van der Waals surface area contributed by atoms with Crippen molar-refractivity contribution in [2.24, 2.45) is 5.92 Å². The molecule has 0 heterocycles. The molecule has 0 radical (unpaired) electrons. The zero-order chi connectivity index (χ0) is 13.7. The first-order valence-corrected chi connectivity index (χ1v) is 5.85. The maximum absolute atomic E-state index is 11.5. The van der Waals surface area contributed by atoms with E-state index in [1.54, 1.807) is 0 Å². The van der Waals surface area contributed by atoms with E-state index in [4.69, 9.17) is 16.7 Å². The second-order valence-electron chi connectivity index (χ2n) is 4.23. The van der Waals surface area contributed by atoms with Gasteiger partial charge in [-0.3, -0.25) is 0 Å². The van der Waals surface area contributed by atoms with Gasteiger partial charge in [0, 0.05) is 6.54 Å². The van der Waals surface area contributed by atoms with Gasteiger partial charge in [0.2, 0.25) is 0 Å². The van der Waals surface area contributed by atoms with Crippen molar-refractivity contribution in [3.63, 3.8) is 0 Å². The minimum Gasteiger partial charge on any atom is -0.478 e. The van der Waals surface area contributed by atoms with Crippen LogP contribution in [0.3, 0.4) is 0 Å². The van der Waals surface area contributed by atoms with E-state index in [1.807, 2.05) is 13.8 Å². The van der Waals surface area contributed by atoms with Crippen LogP contribution in [0, 0.1) is 5.92 Å². The SMILES string of the molecule is CC(C)CNC(=O)Nc1cc(C(=O)O)ccc1Cl. The minimum atomic E-state index is -1.07. The van der Waals surface area contributed by atoms with E-state index in [0.717, 1.165) is 0 Å². The van der Waals surface area contributed by atoms with Crippen molar-refractivity contribution in [2.75, 3.05) is 11.9 Å². The van der Waals surface area contributed by atoms with E-state index >= 15 is 0 Å². The van der Waals surface area contributed by atoms with Gasteiger partial charge in [0.05, 0.1) is 16.3 Å². The molecule has 1 rings (SSSR count). The fraction of sp³-hybridized carbons (Fsp3) is 0.333. The summed E-state index contributed by atoms with van der Waals surface area (Å²) in [6.45, 7) is 4.47. The summed E-state index contributed by atoms with van der Waals surface area (Å²) >= 11 is 5.87. The molecule has 1 aromatic rings. The van der Waals surface area contributed by atoms with Crippen molar-refractivity contribution in [3.05, 3.63) is 28.8 Å². The van der Waals surface area contributed by atoms with Crippen LogP contribution in [0.15, 0.2) is 18.2 Å². The highest BCUT2D eigenvalue weighted by molar-refractivity contribution is 6.33. The third-order valence-corrected chi connectivity index (χ3v) is 2.46. The van der Waals surface area contributed by atoms with Crippen LogP contribution in [0.25, 0.3) is 0 Å². The summed E-state index contributed by atoms with van der Waals surface area (Å²) in [6, 6.07) is 3.72. The Hall–Kier alpha value is -1.75. The number of nitrogens with one attached hydrogen (secondary N) is 2. The second kappa shape index (κ2) is 6.26. The first-order valence-electron chi connectivity index (χ1n) is 5.48. The Morgan fingerprint density at radius 1 is 1.39 bits per heavy atom. The van der Waals surface area contributed by atoms with Gasteiger partial charge in [-0.15, -0.1) is 0 Å². The highest BCUT2D eigenvalue weighted by atomic mass is 35.5. The van der Waals surface area contributed by atoms with E-state index in [2.05, 4.69) is 10.6 Å². The van der Waals surface area contributed by atoms with Crippen molar-refractivity contribution < 1.29 is 14.7 Å². The number of anilines is 1. The van der Waals surface area contributed by atoms with E-state index in [-0.39, 0.29) is 11.3 Å². The van der Waals surface area contributed by atoms with Crippen LogP contribution in [-0.4, -0.2) is 23.7 Å². The van der Waals surface area contributed by atoms with Crippen molar-refractivity contribution in [1.29, 1.82) is 0 Å². The number of benzene rings is 1. The first kappa shape index (κ1) is 14.3. The van der Waals surface area contributed by atoms with Crippen LogP contribution in [-0.2, 0) is 0 Å². The molecule has 0 saturated heterocycles. The fourth-order valence-corrected chi connectivity index (χ4v) is 1.38. The van der Waals surface area contributed by atoms with Crippen molar-refractivity contribution in [3.8, 4) is 0 Å². The van der Waals surface area contributed by atoms with Gasteiger partial charge < -0.3 is 15.7 Å². The Morgan fingerprint density at radius 2 is 2.06 bits per heavy atom. The second-order valence-corrected chi connectivity index (χ2v) is 4.64. The molecular weight excluding hydrogens is 256 g/mol. The Bertz CT molecular complexity index is 461.